The number of carbonyl (C=O) groups excluding carboxylic acids is 3. The topological polar surface area (TPSA) is 72.5 Å². The van der Waals surface area contributed by atoms with Crippen LogP contribution < -0.4 is 5.32 Å². The number of methoxy groups -OCH3 is 1. The van der Waals surface area contributed by atoms with Gasteiger partial charge in [-0.1, -0.05) is 36.4 Å². The molecule has 1 aromatic rings. The van der Waals surface area contributed by atoms with Crippen LogP contribution in [0.15, 0.2) is 42.5 Å². The van der Waals surface area contributed by atoms with Gasteiger partial charge in [0.1, 0.15) is 0 Å². The Hall–Kier alpha value is -2.43. The average Bonchev–Trinajstić information content (AvgIpc) is 2.51. The molecule has 0 aromatic heterocycles. The quantitative estimate of drug-likeness (QED) is 0.587. The highest BCUT2D eigenvalue weighted by molar-refractivity contribution is 5.89. The van der Waals surface area contributed by atoms with E-state index in [1.54, 1.807) is 6.08 Å². The summed E-state index contributed by atoms with van der Waals surface area (Å²) in [6.45, 7) is 1.39. The van der Waals surface area contributed by atoms with E-state index in [-0.39, 0.29) is 18.1 Å². The van der Waals surface area contributed by atoms with Crippen LogP contribution in [0.4, 0.5) is 0 Å². The number of allylic oxidation sites excluding steroid dienone is 1. The molecule has 1 atom stereocenters. The molecule has 0 bridgehead atoms. The maximum atomic E-state index is 12.2. The van der Waals surface area contributed by atoms with E-state index in [1.807, 2.05) is 30.3 Å². The molecule has 1 amide bonds. The fourth-order valence-electron chi connectivity index (χ4n) is 1.99. The van der Waals surface area contributed by atoms with Crippen LogP contribution in [0.5, 0.6) is 0 Å². The standard InChI is InChI=1S/C17H21NO4/c1-13(19)18-15(12-14-8-4-3-5-9-14)16(20)10-6-7-11-17(21)22-2/h3-5,7-9,11,15H,6,10,12H2,1-2H3,(H,18,19)/b11-7+/t15-/m1/s1. The minimum atomic E-state index is -0.550. The predicted molar refractivity (Wildman–Crippen MR) is 83.1 cm³/mol. The van der Waals surface area contributed by atoms with Crippen molar-refractivity contribution < 1.29 is 19.1 Å². The molecule has 0 aliphatic rings. The second-order valence-electron chi connectivity index (χ2n) is 4.87. The Labute approximate surface area is 130 Å². The molecule has 0 saturated heterocycles. The van der Waals surface area contributed by atoms with Crippen LogP contribution in [0.1, 0.15) is 25.3 Å². The Morgan fingerprint density at radius 2 is 1.91 bits per heavy atom. The maximum absolute atomic E-state index is 12.2. The number of hydrogen-bond acceptors (Lipinski definition) is 4. The molecule has 1 N–H and O–H groups in total. The third-order valence-corrected chi connectivity index (χ3v) is 3.06. The summed E-state index contributed by atoms with van der Waals surface area (Å²) < 4.78 is 4.47. The maximum Gasteiger partial charge on any atom is 0.330 e. The van der Waals surface area contributed by atoms with E-state index in [2.05, 4.69) is 10.1 Å². The van der Waals surface area contributed by atoms with Gasteiger partial charge in [0, 0.05) is 19.4 Å². The van der Waals surface area contributed by atoms with E-state index in [0.29, 0.717) is 12.8 Å². The largest absolute Gasteiger partial charge is 0.466 e. The third kappa shape index (κ3) is 6.83. The van der Waals surface area contributed by atoms with Crippen molar-refractivity contribution in [2.24, 2.45) is 0 Å². The Bertz CT molecular complexity index is 537. The highest BCUT2D eigenvalue weighted by Gasteiger charge is 2.18. The van der Waals surface area contributed by atoms with Crippen molar-refractivity contribution in [3.05, 3.63) is 48.0 Å². The summed E-state index contributed by atoms with van der Waals surface area (Å²) in [7, 11) is 1.30. The summed E-state index contributed by atoms with van der Waals surface area (Å²) in [5, 5.41) is 2.68. The van der Waals surface area contributed by atoms with Gasteiger partial charge in [0.15, 0.2) is 5.78 Å². The van der Waals surface area contributed by atoms with E-state index in [1.165, 1.54) is 20.1 Å². The zero-order valence-electron chi connectivity index (χ0n) is 12.9. The summed E-state index contributed by atoms with van der Waals surface area (Å²) in [5.74, 6) is -0.747. The molecule has 5 heteroatoms. The van der Waals surface area contributed by atoms with Gasteiger partial charge in [-0.15, -0.1) is 0 Å². The van der Waals surface area contributed by atoms with Crippen LogP contribution in [0.25, 0.3) is 0 Å². The number of nitrogens with one attached hydrogen (secondary N) is 1. The first-order chi connectivity index (χ1) is 10.5. The van der Waals surface area contributed by atoms with Crippen molar-refractivity contribution in [2.75, 3.05) is 7.11 Å². The summed E-state index contributed by atoms with van der Waals surface area (Å²) in [6, 6.07) is 8.97. The first kappa shape index (κ1) is 17.6. The summed E-state index contributed by atoms with van der Waals surface area (Å²) >= 11 is 0. The molecule has 0 fully saturated rings. The lowest BCUT2D eigenvalue weighted by atomic mass is 9.99. The van der Waals surface area contributed by atoms with Gasteiger partial charge in [0.05, 0.1) is 13.2 Å². The molecule has 1 aromatic carbocycles. The summed E-state index contributed by atoms with van der Waals surface area (Å²) in [4.78, 5) is 34.4. The molecular formula is C17H21NO4. The second kappa shape index (κ2) is 9.50. The summed E-state index contributed by atoms with van der Waals surface area (Å²) in [5.41, 5.74) is 0.986. The lowest BCUT2D eigenvalue weighted by Gasteiger charge is -2.16. The molecule has 22 heavy (non-hydrogen) atoms. The van der Waals surface area contributed by atoms with E-state index < -0.39 is 12.0 Å². The van der Waals surface area contributed by atoms with Crippen LogP contribution in [0.3, 0.4) is 0 Å². The zero-order chi connectivity index (χ0) is 16.4. The lowest BCUT2D eigenvalue weighted by Crippen LogP contribution is -2.41. The van der Waals surface area contributed by atoms with Crippen molar-refractivity contribution in [2.45, 2.75) is 32.2 Å². The van der Waals surface area contributed by atoms with Gasteiger partial charge < -0.3 is 10.1 Å². The van der Waals surface area contributed by atoms with E-state index in [0.717, 1.165) is 5.56 Å². The second-order valence-corrected chi connectivity index (χ2v) is 4.87. The molecular weight excluding hydrogens is 282 g/mol. The molecule has 0 aliphatic carbocycles. The number of benzene rings is 1. The van der Waals surface area contributed by atoms with Crippen LogP contribution in [0, 0.1) is 0 Å². The Morgan fingerprint density at radius 3 is 2.50 bits per heavy atom. The van der Waals surface area contributed by atoms with E-state index in [4.69, 9.17) is 0 Å². The highest BCUT2D eigenvalue weighted by Crippen LogP contribution is 2.07. The highest BCUT2D eigenvalue weighted by atomic mass is 16.5. The average molecular weight is 303 g/mol. The number of amides is 1. The Balaban J connectivity index is 2.59. The van der Waals surface area contributed by atoms with Crippen LogP contribution in [-0.2, 0) is 25.5 Å². The SMILES string of the molecule is COC(=O)/C=C/CCC(=O)[C@@H](Cc1ccccc1)NC(C)=O. The fourth-order valence-corrected chi connectivity index (χ4v) is 1.99. The Kier molecular flexibility index (Phi) is 7.61. The monoisotopic (exact) mass is 303 g/mol. The molecule has 118 valence electrons. The molecule has 0 saturated carbocycles. The van der Waals surface area contributed by atoms with Crippen molar-refractivity contribution in [3.63, 3.8) is 0 Å². The van der Waals surface area contributed by atoms with Crippen LogP contribution in [-0.4, -0.2) is 30.8 Å². The minimum Gasteiger partial charge on any atom is -0.466 e. The smallest absolute Gasteiger partial charge is 0.330 e. The van der Waals surface area contributed by atoms with Gasteiger partial charge in [0.25, 0.3) is 0 Å². The van der Waals surface area contributed by atoms with Gasteiger partial charge in [-0.2, -0.15) is 0 Å². The third-order valence-electron chi connectivity index (χ3n) is 3.06. The van der Waals surface area contributed by atoms with Gasteiger partial charge in [-0.3, -0.25) is 9.59 Å². The van der Waals surface area contributed by atoms with Gasteiger partial charge >= 0.3 is 5.97 Å². The number of rotatable bonds is 8. The van der Waals surface area contributed by atoms with Crippen molar-refractivity contribution in [1.29, 1.82) is 0 Å². The van der Waals surface area contributed by atoms with Crippen LogP contribution in [0.2, 0.25) is 0 Å². The molecule has 1 rings (SSSR count). The molecule has 0 heterocycles. The molecule has 5 nitrogen and oxygen atoms in total. The van der Waals surface area contributed by atoms with Crippen molar-refractivity contribution in [3.8, 4) is 0 Å². The number of ketones is 1. The number of Topliss-reactive ketones (excluding diaryl/α,β-unsaturated/α-hetero) is 1. The molecule has 0 aliphatic heterocycles. The lowest BCUT2D eigenvalue weighted by molar-refractivity contribution is -0.134. The number of carbonyl (C=O) groups is 3. The van der Waals surface area contributed by atoms with Gasteiger partial charge in [0.2, 0.25) is 5.91 Å². The number of esters is 1. The fraction of sp³-hybridized carbons (Fsp3) is 0.353. The number of ether oxygens (including phenoxy) is 1. The van der Waals surface area contributed by atoms with Gasteiger partial charge in [-0.05, 0) is 18.4 Å². The number of hydrogen-bond donors (Lipinski definition) is 1. The normalized spacial score (nSPS) is 11.9. The first-order valence-electron chi connectivity index (χ1n) is 7.11. The van der Waals surface area contributed by atoms with Crippen molar-refractivity contribution >= 4 is 17.7 Å². The molecule has 0 unspecified atom stereocenters. The zero-order valence-corrected chi connectivity index (χ0v) is 12.9. The predicted octanol–water partition coefficient (Wildman–Crippen LogP) is 1.81. The molecule has 0 spiro atoms. The van der Waals surface area contributed by atoms with Crippen molar-refractivity contribution in [1.82, 2.24) is 5.32 Å². The molecule has 0 radical (unpaired) electrons. The van der Waals surface area contributed by atoms with E-state index in [9.17, 15) is 14.4 Å². The van der Waals surface area contributed by atoms with E-state index >= 15 is 0 Å². The van der Waals surface area contributed by atoms with Gasteiger partial charge in [-0.25, -0.2) is 4.79 Å². The van der Waals surface area contributed by atoms with Crippen LogP contribution >= 0.6 is 0 Å². The minimum absolute atomic E-state index is 0.0615. The first-order valence-corrected chi connectivity index (χ1v) is 7.11. The Morgan fingerprint density at radius 1 is 1.23 bits per heavy atom. The summed E-state index contributed by atoms with van der Waals surface area (Å²) in [6.07, 6.45) is 4.03.